The van der Waals surface area contributed by atoms with Crippen molar-refractivity contribution in [1.82, 2.24) is 9.88 Å². The smallest absolute Gasteiger partial charge is 0.375 e. The van der Waals surface area contributed by atoms with E-state index in [2.05, 4.69) is 4.98 Å². The van der Waals surface area contributed by atoms with Crippen LogP contribution in [0.5, 0.6) is 0 Å². The Hall–Kier alpha value is -1.54. The standard InChI is InChI=1S/C20H27ClF3N3O2/c1-29-13-18(28)27-8-4-2-3-5-17(27)14-6-9-26(10-7-14)19-16(21)11-15(12-25-19)20(22,23)24/h11-12,14,17H,2-10,13H2,1H3/t17-/m1/s1. The van der Waals surface area contributed by atoms with E-state index >= 15 is 0 Å². The zero-order valence-electron chi connectivity index (χ0n) is 16.6. The molecule has 3 rings (SSSR count). The van der Waals surface area contributed by atoms with E-state index in [9.17, 15) is 18.0 Å². The topological polar surface area (TPSA) is 45.7 Å². The maximum absolute atomic E-state index is 12.8. The third-order valence-electron chi connectivity index (χ3n) is 5.92. The van der Waals surface area contributed by atoms with Crippen LogP contribution in [-0.4, -0.2) is 55.2 Å². The quantitative estimate of drug-likeness (QED) is 0.706. The van der Waals surface area contributed by atoms with Crippen LogP contribution in [0.3, 0.4) is 0 Å². The van der Waals surface area contributed by atoms with Crippen molar-refractivity contribution in [1.29, 1.82) is 0 Å². The third-order valence-corrected chi connectivity index (χ3v) is 6.20. The van der Waals surface area contributed by atoms with Gasteiger partial charge in [-0.05, 0) is 37.7 Å². The molecule has 1 atom stereocenters. The highest BCUT2D eigenvalue weighted by Gasteiger charge is 2.35. The Balaban J connectivity index is 1.67. The summed E-state index contributed by atoms with van der Waals surface area (Å²) in [5.41, 5.74) is -0.841. The summed E-state index contributed by atoms with van der Waals surface area (Å²) in [6.07, 6.45) is 2.30. The van der Waals surface area contributed by atoms with Crippen molar-refractivity contribution >= 4 is 23.3 Å². The fourth-order valence-corrected chi connectivity index (χ4v) is 4.74. The second-order valence-corrected chi connectivity index (χ2v) is 8.20. The molecule has 0 aliphatic carbocycles. The molecule has 0 unspecified atom stereocenters. The van der Waals surface area contributed by atoms with Crippen molar-refractivity contribution in [3.8, 4) is 0 Å². The van der Waals surface area contributed by atoms with Crippen LogP contribution in [0, 0.1) is 5.92 Å². The van der Waals surface area contributed by atoms with Gasteiger partial charge < -0.3 is 14.5 Å². The number of hydrogen-bond donors (Lipinski definition) is 0. The second-order valence-electron chi connectivity index (χ2n) is 7.79. The summed E-state index contributed by atoms with van der Waals surface area (Å²) in [4.78, 5) is 20.4. The first-order valence-electron chi connectivity index (χ1n) is 10.1. The van der Waals surface area contributed by atoms with E-state index in [1.807, 2.05) is 9.80 Å². The first-order chi connectivity index (χ1) is 13.8. The maximum Gasteiger partial charge on any atom is 0.417 e. The number of aromatic nitrogens is 1. The van der Waals surface area contributed by atoms with Gasteiger partial charge in [0.1, 0.15) is 12.4 Å². The van der Waals surface area contributed by atoms with E-state index in [-0.39, 0.29) is 23.6 Å². The zero-order valence-corrected chi connectivity index (χ0v) is 17.3. The molecule has 2 saturated heterocycles. The van der Waals surface area contributed by atoms with Crippen LogP contribution in [0.15, 0.2) is 12.3 Å². The number of rotatable bonds is 4. The van der Waals surface area contributed by atoms with Crippen LogP contribution in [-0.2, 0) is 15.7 Å². The maximum atomic E-state index is 12.8. The third kappa shape index (κ3) is 5.34. The Morgan fingerprint density at radius 1 is 1.21 bits per heavy atom. The summed E-state index contributed by atoms with van der Waals surface area (Å²) in [7, 11) is 1.53. The first kappa shape index (κ1) is 22.2. The van der Waals surface area contributed by atoms with E-state index in [0.29, 0.717) is 24.8 Å². The van der Waals surface area contributed by atoms with Gasteiger partial charge in [0.05, 0.1) is 10.6 Å². The predicted octanol–water partition coefficient (Wildman–Crippen LogP) is 4.39. The number of halogens is 4. The Bertz CT molecular complexity index is 709. The minimum Gasteiger partial charge on any atom is -0.375 e. The van der Waals surface area contributed by atoms with Crippen molar-refractivity contribution in [2.75, 3.05) is 38.3 Å². The van der Waals surface area contributed by atoms with Crippen molar-refractivity contribution in [3.63, 3.8) is 0 Å². The van der Waals surface area contributed by atoms with E-state index in [0.717, 1.165) is 57.3 Å². The van der Waals surface area contributed by atoms with Gasteiger partial charge in [0.2, 0.25) is 5.91 Å². The van der Waals surface area contributed by atoms with Crippen molar-refractivity contribution in [2.45, 2.75) is 50.7 Å². The van der Waals surface area contributed by atoms with Crippen molar-refractivity contribution < 1.29 is 22.7 Å². The van der Waals surface area contributed by atoms with Crippen LogP contribution >= 0.6 is 11.6 Å². The lowest BCUT2D eigenvalue weighted by atomic mass is 9.86. The number of ether oxygens (including phenoxy) is 1. The second kappa shape index (κ2) is 9.51. The largest absolute Gasteiger partial charge is 0.417 e. The molecule has 2 aliphatic heterocycles. The molecule has 162 valence electrons. The molecule has 0 aromatic carbocycles. The molecule has 1 amide bonds. The van der Waals surface area contributed by atoms with Crippen LogP contribution < -0.4 is 4.90 Å². The van der Waals surface area contributed by atoms with Crippen molar-refractivity contribution in [2.24, 2.45) is 5.92 Å². The molecular formula is C20H27ClF3N3O2. The SMILES string of the molecule is COCC(=O)N1CCCCC[C@@H]1C1CCN(c2ncc(C(F)(F)F)cc2Cl)CC1. The summed E-state index contributed by atoms with van der Waals surface area (Å²) in [5, 5.41) is 0.0182. The minimum absolute atomic E-state index is 0.0182. The normalized spacial score (nSPS) is 21.9. The lowest BCUT2D eigenvalue weighted by molar-refractivity contribution is -0.139. The van der Waals surface area contributed by atoms with Gasteiger partial charge in [-0.25, -0.2) is 4.98 Å². The van der Waals surface area contributed by atoms with E-state index < -0.39 is 11.7 Å². The van der Waals surface area contributed by atoms with Crippen LogP contribution in [0.2, 0.25) is 5.02 Å². The summed E-state index contributed by atoms with van der Waals surface area (Å²) >= 11 is 6.10. The predicted molar refractivity (Wildman–Crippen MR) is 105 cm³/mol. The Labute approximate surface area is 174 Å². The monoisotopic (exact) mass is 433 g/mol. The van der Waals surface area contributed by atoms with Gasteiger partial charge in [-0.3, -0.25) is 4.79 Å². The van der Waals surface area contributed by atoms with Gasteiger partial charge in [-0.1, -0.05) is 24.4 Å². The molecule has 0 bridgehead atoms. The number of piperidine rings is 1. The summed E-state index contributed by atoms with van der Waals surface area (Å²) in [5.74, 6) is 0.791. The molecule has 3 heterocycles. The molecule has 0 saturated carbocycles. The number of nitrogens with zero attached hydrogens (tertiary/aromatic N) is 3. The Morgan fingerprint density at radius 2 is 1.93 bits per heavy atom. The van der Waals surface area contributed by atoms with Crippen LogP contribution in [0.1, 0.15) is 44.1 Å². The highest BCUT2D eigenvalue weighted by atomic mass is 35.5. The summed E-state index contributed by atoms with van der Waals surface area (Å²) in [6, 6.07) is 1.13. The zero-order chi connectivity index (χ0) is 21.0. The fraction of sp³-hybridized carbons (Fsp3) is 0.700. The van der Waals surface area contributed by atoms with Crippen LogP contribution in [0.25, 0.3) is 0 Å². The number of hydrogen-bond acceptors (Lipinski definition) is 4. The van der Waals surface area contributed by atoms with E-state index in [1.165, 1.54) is 7.11 Å². The highest BCUT2D eigenvalue weighted by molar-refractivity contribution is 6.33. The molecule has 29 heavy (non-hydrogen) atoms. The first-order valence-corrected chi connectivity index (χ1v) is 10.4. The van der Waals surface area contributed by atoms with Crippen LogP contribution in [0.4, 0.5) is 19.0 Å². The average molecular weight is 434 g/mol. The molecule has 2 fully saturated rings. The number of alkyl halides is 3. The van der Waals surface area contributed by atoms with Crippen molar-refractivity contribution in [3.05, 3.63) is 22.8 Å². The molecule has 0 spiro atoms. The molecule has 5 nitrogen and oxygen atoms in total. The van der Waals surface area contributed by atoms with Gasteiger partial charge >= 0.3 is 6.18 Å². The van der Waals surface area contributed by atoms with E-state index in [1.54, 1.807) is 0 Å². The molecule has 0 N–H and O–H groups in total. The fourth-order valence-electron chi connectivity index (χ4n) is 4.45. The highest BCUT2D eigenvalue weighted by Crippen LogP contribution is 2.36. The number of carbonyl (C=O) groups is 1. The summed E-state index contributed by atoms with van der Waals surface area (Å²) in [6.45, 7) is 2.18. The number of methoxy groups -OCH3 is 1. The number of anilines is 1. The molecule has 1 aromatic heterocycles. The molecular weight excluding hydrogens is 407 g/mol. The van der Waals surface area contributed by atoms with Gasteiger partial charge in [0.15, 0.2) is 0 Å². The van der Waals surface area contributed by atoms with Gasteiger partial charge in [-0.15, -0.1) is 0 Å². The number of pyridine rings is 1. The number of carbonyl (C=O) groups excluding carboxylic acids is 1. The minimum atomic E-state index is -4.46. The molecule has 9 heteroatoms. The molecule has 0 radical (unpaired) electrons. The van der Waals surface area contributed by atoms with Gasteiger partial charge in [0.25, 0.3) is 0 Å². The molecule has 2 aliphatic rings. The molecule has 1 aromatic rings. The number of likely N-dealkylation sites (tertiary alicyclic amines) is 1. The van der Waals surface area contributed by atoms with E-state index in [4.69, 9.17) is 16.3 Å². The van der Waals surface area contributed by atoms with Gasteiger partial charge in [-0.2, -0.15) is 13.2 Å². The lowest BCUT2D eigenvalue weighted by Crippen LogP contribution is -2.49. The Morgan fingerprint density at radius 3 is 2.55 bits per heavy atom. The summed E-state index contributed by atoms with van der Waals surface area (Å²) < 4.78 is 43.6. The Kier molecular flexibility index (Phi) is 7.27. The average Bonchev–Trinajstić information content (AvgIpc) is 2.94. The van der Waals surface area contributed by atoms with Gasteiger partial charge in [0, 0.05) is 39.0 Å². The number of amides is 1. The lowest BCUT2D eigenvalue weighted by Gasteiger charge is -2.41.